The van der Waals surface area contributed by atoms with E-state index in [0.717, 1.165) is 25.1 Å². The van der Waals surface area contributed by atoms with E-state index in [-0.39, 0.29) is 5.69 Å². The lowest BCUT2D eigenvalue weighted by molar-refractivity contribution is -0.137. The van der Waals surface area contributed by atoms with E-state index in [1.807, 2.05) is 14.1 Å². The van der Waals surface area contributed by atoms with Gasteiger partial charge in [-0.3, -0.25) is 0 Å². The number of anilines is 3. The smallest absolute Gasteiger partial charge is 0.353 e. The Morgan fingerprint density at radius 2 is 2.00 bits per heavy atom. The molecule has 1 aromatic carbocycles. The summed E-state index contributed by atoms with van der Waals surface area (Å²) in [6.07, 6.45) is -2.13. The van der Waals surface area contributed by atoms with E-state index in [2.05, 4.69) is 30.7 Å². The van der Waals surface area contributed by atoms with Crippen LogP contribution in [0.3, 0.4) is 0 Å². The van der Waals surface area contributed by atoms with Gasteiger partial charge in [0.25, 0.3) is 0 Å². The second-order valence-electron chi connectivity index (χ2n) is 5.45. The van der Waals surface area contributed by atoms with Crippen molar-refractivity contribution in [2.24, 2.45) is 0 Å². The van der Waals surface area contributed by atoms with E-state index in [4.69, 9.17) is 0 Å². The summed E-state index contributed by atoms with van der Waals surface area (Å²) >= 11 is 0. The van der Waals surface area contributed by atoms with Crippen LogP contribution in [0, 0.1) is 0 Å². The molecular weight excluding hydrogens is 321 g/mol. The van der Waals surface area contributed by atoms with E-state index < -0.39 is 11.7 Å². The van der Waals surface area contributed by atoms with E-state index in [9.17, 15) is 13.2 Å². The van der Waals surface area contributed by atoms with Crippen molar-refractivity contribution < 1.29 is 13.2 Å². The lowest BCUT2D eigenvalue weighted by Gasteiger charge is -2.11. The van der Waals surface area contributed by atoms with Crippen LogP contribution in [0.15, 0.2) is 30.5 Å². The van der Waals surface area contributed by atoms with E-state index in [1.165, 1.54) is 18.3 Å². The van der Waals surface area contributed by atoms with Crippen LogP contribution in [-0.4, -0.2) is 47.3 Å². The van der Waals surface area contributed by atoms with E-state index in [0.29, 0.717) is 18.3 Å². The van der Waals surface area contributed by atoms with Crippen molar-refractivity contribution in [3.63, 3.8) is 0 Å². The van der Waals surface area contributed by atoms with Crippen LogP contribution in [-0.2, 0) is 6.18 Å². The van der Waals surface area contributed by atoms with Gasteiger partial charge in [0.2, 0.25) is 5.95 Å². The maximum Gasteiger partial charge on any atom is 0.416 e. The van der Waals surface area contributed by atoms with Crippen molar-refractivity contribution in [3.8, 4) is 0 Å². The zero-order valence-corrected chi connectivity index (χ0v) is 13.4. The van der Waals surface area contributed by atoms with Crippen LogP contribution in [0.1, 0.15) is 12.0 Å². The average molecular weight is 340 g/mol. The number of nitrogens with zero attached hydrogens (tertiary/aromatic N) is 4. The first-order chi connectivity index (χ1) is 11.3. The van der Waals surface area contributed by atoms with Crippen LogP contribution >= 0.6 is 0 Å². The van der Waals surface area contributed by atoms with Gasteiger partial charge in [0.05, 0.1) is 11.8 Å². The fraction of sp³-hybridized carbons (Fsp3) is 0.400. The molecule has 0 aliphatic carbocycles. The normalized spacial score (nSPS) is 11.6. The lowest BCUT2D eigenvalue weighted by Crippen LogP contribution is -2.17. The highest BCUT2D eigenvalue weighted by atomic mass is 19.4. The maximum absolute atomic E-state index is 12.7. The summed E-state index contributed by atoms with van der Waals surface area (Å²) in [6.45, 7) is 1.59. The number of hydrogen-bond acceptors (Lipinski definition) is 6. The lowest BCUT2D eigenvalue weighted by atomic mass is 10.2. The second kappa shape index (κ2) is 7.91. The molecule has 1 heterocycles. The predicted molar refractivity (Wildman–Crippen MR) is 86.2 cm³/mol. The van der Waals surface area contributed by atoms with Gasteiger partial charge in [0, 0.05) is 12.2 Å². The van der Waals surface area contributed by atoms with Gasteiger partial charge >= 0.3 is 6.18 Å². The third kappa shape index (κ3) is 5.65. The molecule has 6 nitrogen and oxygen atoms in total. The highest BCUT2D eigenvalue weighted by molar-refractivity contribution is 5.57. The molecular formula is C15H19F3N6. The summed E-state index contributed by atoms with van der Waals surface area (Å²) in [6, 6.07) is 4.90. The van der Waals surface area contributed by atoms with Gasteiger partial charge in [-0.1, -0.05) is 6.07 Å². The van der Waals surface area contributed by atoms with E-state index >= 15 is 0 Å². The highest BCUT2D eigenvalue weighted by Crippen LogP contribution is 2.31. The van der Waals surface area contributed by atoms with Gasteiger partial charge in [0.15, 0.2) is 5.82 Å². The predicted octanol–water partition coefficient (Wildman–Crippen LogP) is 3.00. The summed E-state index contributed by atoms with van der Waals surface area (Å²) in [5.41, 5.74) is -0.444. The fourth-order valence-electron chi connectivity index (χ4n) is 1.96. The van der Waals surface area contributed by atoms with Crippen molar-refractivity contribution in [2.75, 3.05) is 37.8 Å². The molecule has 1 aromatic heterocycles. The molecule has 0 saturated carbocycles. The molecule has 2 N–H and O–H groups in total. The fourth-order valence-corrected chi connectivity index (χ4v) is 1.96. The Bertz CT molecular complexity index is 660. The molecule has 0 aliphatic rings. The van der Waals surface area contributed by atoms with Gasteiger partial charge in [-0.25, -0.2) is 0 Å². The number of nitrogens with one attached hydrogen (secondary N) is 2. The number of rotatable bonds is 7. The van der Waals surface area contributed by atoms with Gasteiger partial charge in [-0.05, 0) is 45.3 Å². The minimum Gasteiger partial charge on any atom is -0.353 e. The largest absolute Gasteiger partial charge is 0.416 e. The SMILES string of the molecule is CN(C)CCCNc1nncc(Nc2cccc(C(F)(F)F)c2)n1. The molecule has 130 valence electrons. The molecule has 0 atom stereocenters. The van der Waals surface area contributed by atoms with E-state index in [1.54, 1.807) is 0 Å². The van der Waals surface area contributed by atoms with Crippen molar-refractivity contribution in [1.29, 1.82) is 0 Å². The van der Waals surface area contributed by atoms with Crippen molar-refractivity contribution in [1.82, 2.24) is 20.1 Å². The van der Waals surface area contributed by atoms with Crippen molar-refractivity contribution in [2.45, 2.75) is 12.6 Å². The van der Waals surface area contributed by atoms with Crippen molar-refractivity contribution >= 4 is 17.5 Å². The third-order valence-electron chi connectivity index (χ3n) is 3.09. The first kappa shape index (κ1) is 17.9. The number of aromatic nitrogens is 3. The summed E-state index contributed by atoms with van der Waals surface area (Å²) < 4.78 is 38.2. The third-order valence-corrected chi connectivity index (χ3v) is 3.09. The Hall–Kier alpha value is -2.42. The topological polar surface area (TPSA) is 66.0 Å². The van der Waals surface area contributed by atoms with Crippen molar-refractivity contribution in [3.05, 3.63) is 36.0 Å². The monoisotopic (exact) mass is 340 g/mol. The Balaban J connectivity index is 1.99. The summed E-state index contributed by atoms with van der Waals surface area (Å²) in [5, 5.41) is 13.5. The van der Waals surface area contributed by atoms with Gasteiger partial charge in [0.1, 0.15) is 0 Å². The Morgan fingerprint density at radius 3 is 2.71 bits per heavy atom. The second-order valence-corrected chi connectivity index (χ2v) is 5.45. The molecule has 2 aromatic rings. The Kier molecular flexibility index (Phi) is 5.91. The summed E-state index contributed by atoms with van der Waals surface area (Å²) in [4.78, 5) is 6.25. The quantitative estimate of drug-likeness (QED) is 0.756. The Labute approximate surface area is 138 Å². The summed E-state index contributed by atoms with van der Waals surface area (Å²) in [5.74, 6) is 0.644. The maximum atomic E-state index is 12.7. The molecule has 0 amide bonds. The minimum atomic E-state index is -4.39. The molecule has 0 saturated heterocycles. The van der Waals surface area contributed by atoms with Crippen LogP contribution in [0.25, 0.3) is 0 Å². The molecule has 0 aliphatic heterocycles. The molecule has 0 bridgehead atoms. The van der Waals surface area contributed by atoms with Crippen LogP contribution in [0.5, 0.6) is 0 Å². The molecule has 0 unspecified atom stereocenters. The summed E-state index contributed by atoms with van der Waals surface area (Å²) in [7, 11) is 3.97. The minimum absolute atomic E-state index is 0.281. The van der Waals surface area contributed by atoms with Crippen LogP contribution in [0.4, 0.5) is 30.6 Å². The van der Waals surface area contributed by atoms with Gasteiger partial charge < -0.3 is 15.5 Å². The highest BCUT2D eigenvalue weighted by Gasteiger charge is 2.30. The Morgan fingerprint density at radius 1 is 1.21 bits per heavy atom. The first-order valence-corrected chi connectivity index (χ1v) is 7.37. The zero-order chi connectivity index (χ0) is 17.6. The molecule has 0 radical (unpaired) electrons. The number of alkyl halides is 3. The molecule has 24 heavy (non-hydrogen) atoms. The molecule has 2 rings (SSSR count). The van der Waals surface area contributed by atoms with Crippen LogP contribution < -0.4 is 10.6 Å². The van der Waals surface area contributed by atoms with Crippen LogP contribution in [0.2, 0.25) is 0 Å². The van der Waals surface area contributed by atoms with Gasteiger partial charge in [-0.2, -0.15) is 23.3 Å². The number of benzene rings is 1. The average Bonchev–Trinajstić information content (AvgIpc) is 2.51. The number of halogens is 3. The van der Waals surface area contributed by atoms with Gasteiger partial charge in [-0.15, -0.1) is 5.10 Å². The molecule has 0 fully saturated rings. The number of hydrogen-bond donors (Lipinski definition) is 2. The molecule has 9 heteroatoms. The zero-order valence-electron chi connectivity index (χ0n) is 13.4. The standard InChI is InChI=1S/C15H19F3N6/c1-24(2)8-4-7-19-14-22-13(10-20-23-14)21-12-6-3-5-11(9-12)15(16,17)18/h3,5-6,9-10H,4,7-8H2,1-2H3,(H2,19,21,22,23). The first-order valence-electron chi connectivity index (χ1n) is 7.37. The molecule has 0 spiro atoms.